The lowest BCUT2D eigenvalue weighted by Gasteiger charge is -2.22. The van der Waals surface area contributed by atoms with Crippen molar-refractivity contribution in [3.05, 3.63) is 75.6 Å². The highest BCUT2D eigenvalue weighted by molar-refractivity contribution is 6.07. The highest BCUT2D eigenvalue weighted by atomic mass is 16.5. The summed E-state index contributed by atoms with van der Waals surface area (Å²) in [6.45, 7) is 3.77. The maximum absolute atomic E-state index is 13.3. The molecular formula is C24H24N2O5. The molecule has 1 saturated heterocycles. The molecule has 1 fully saturated rings. The maximum atomic E-state index is 13.3. The number of rotatable bonds is 6. The number of fused-ring (bicyclic) bond motifs is 1. The number of hydrogen-bond acceptors (Lipinski definition) is 5. The Hall–Kier alpha value is -3.61. The number of nitrogens with one attached hydrogen (secondary N) is 1. The number of hydrogen-bond donors (Lipinski definition) is 1. The second-order valence-corrected chi connectivity index (χ2v) is 7.85. The van der Waals surface area contributed by atoms with E-state index in [2.05, 4.69) is 12.2 Å². The zero-order valence-electron chi connectivity index (χ0n) is 17.7. The molecule has 3 aromatic rings. The molecule has 0 spiro atoms. The van der Waals surface area contributed by atoms with Crippen LogP contribution < -0.4 is 15.7 Å². The summed E-state index contributed by atoms with van der Waals surface area (Å²) < 4.78 is 10.4. The summed E-state index contributed by atoms with van der Waals surface area (Å²) in [6.07, 6.45) is 1.99. The third-order valence-corrected chi connectivity index (χ3v) is 5.71. The largest absolute Gasteiger partial charge is 0.497 e. The molecule has 0 aliphatic carbocycles. The summed E-state index contributed by atoms with van der Waals surface area (Å²) in [7, 11) is 1.52. The van der Waals surface area contributed by atoms with E-state index in [0.717, 1.165) is 23.3 Å². The number of urea groups is 1. The van der Waals surface area contributed by atoms with E-state index in [-0.39, 0.29) is 12.5 Å². The lowest BCUT2D eigenvalue weighted by Crippen LogP contribution is -2.40. The van der Waals surface area contributed by atoms with Crippen molar-refractivity contribution in [2.45, 2.75) is 38.8 Å². The van der Waals surface area contributed by atoms with Crippen molar-refractivity contribution in [3.63, 3.8) is 0 Å². The van der Waals surface area contributed by atoms with Crippen molar-refractivity contribution in [1.82, 2.24) is 10.2 Å². The summed E-state index contributed by atoms with van der Waals surface area (Å²) in [4.78, 5) is 39.2. The van der Waals surface area contributed by atoms with Crippen LogP contribution >= 0.6 is 0 Å². The van der Waals surface area contributed by atoms with Gasteiger partial charge in [-0.25, -0.2) is 9.59 Å². The summed E-state index contributed by atoms with van der Waals surface area (Å²) in [6, 6.07) is 13.6. The molecule has 7 heteroatoms. The second kappa shape index (κ2) is 7.91. The highest BCUT2D eigenvalue weighted by Gasteiger charge is 2.49. The number of aryl methyl sites for hydroxylation is 1. The fraction of sp³-hybridized carbons (Fsp3) is 0.292. The van der Waals surface area contributed by atoms with Crippen molar-refractivity contribution in [2.75, 3.05) is 7.11 Å². The number of nitrogens with zero attached hydrogens (tertiary/aromatic N) is 1. The zero-order chi connectivity index (χ0) is 22.2. The molecule has 2 heterocycles. The first-order valence-corrected chi connectivity index (χ1v) is 10.2. The molecule has 1 atom stereocenters. The van der Waals surface area contributed by atoms with Gasteiger partial charge in [-0.3, -0.25) is 9.69 Å². The van der Waals surface area contributed by atoms with Gasteiger partial charge in [-0.2, -0.15) is 0 Å². The molecule has 0 unspecified atom stereocenters. The molecule has 1 aliphatic heterocycles. The van der Waals surface area contributed by atoms with Gasteiger partial charge < -0.3 is 14.5 Å². The van der Waals surface area contributed by atoms with Gasteiger partial charge in [0, 0.05) is 17.5 Å². The maximum Gasteiger partial charge on any atom is 0.336 e. The highest BCUT2D eigenvalue weighted by Crippen LogP contribution is 2.31. The van der Waals surface area contributed by atoms with E-state index in [4.69, 9.17) is 9.15 Å². The minimum Gasteiger partial charge on any atom is -0.497 e. The standard InChI is InChI=1S/C24H24N2O5/c1-4-5-15-6-8-17(9-7-15)24(2)22(28)26(23(29)25-24)14-16-12-21(27)31-20-13-18(30-3)10-11-19(16)20/h6-13H,4-5,14H2,1-3H3,(H,25,29)/t24-/m1/s1. The smallest absolute Gasteiger partial charge is 0.336 e. The van der Waals surface area contributed by atoms with Gasteiger partial charge in [0.15, 0.2) is 0 Å². The molecule has 0 saturated carbocycles. The molecule has 1 aromatic heterocycles. The average molecular weight is 420 g/mol. The second-order valence-electron chi connectivity index (χ2n) is 7.85. The van der Waals surface area contributed by atoms with Crippen LogP contribution in [0, 0.1) is 0 Å². The van der Waals surface area contributed by atoms with Crippen LogP contribution in [0.25, 0.3) is 11.0 Å². The van der Waals surface area contributed by atoms with E-state index < -0.39 is 17.2 Å². The fourth-order valence-corrected chi connectivity index (χ4v) is 3.97. The number of methoxy groups -OCH3 is 1. The Morgan fingerprint density at radius 2 is 1.81 bits per heavy atom. The van der Waals surface area contributed by atoms with E-state index in [1.807, 2.05) is 24.3 Å². The Kier molecular flexibility index (Phi) is 5.27. The number of carbonyl (C=O) groups is 2. The first-order valence-electron chi connectivity index (χ1n) is 10.2. The molecule has 0 bridgehead atoms. The Balaban J connectivity index is 1.66. The SMILES string of the molecule is CCCc1ccc([C@@]2(C)NC(=O)N(Cc3cc(=O)oc4cc(OC)ccc34)C2=O)cc1. The van der Waals surface area contributed by atoms with Crippen LogP contribution in [0.5, 0.6) is 5.75 Å². The van der Waals surface area contributed by atoms with E-state index in [9.17, 15) is 14.4 Å². The quantitative estimate of drug-likeness (QED) is 0.485. The number of carbonyl (C=O) groups excluding carboxylic acids is 2. The summed E-state index contributed by atoms with van der Waals surface area (Å²) in [5.41, 5.74) is 1.04. The molecule has 7 nitrogen and oxygen atoms in total. The summed E-state index contributed by atoms with van der Waals surface area (Å²) in [5, 5.41) is 3.45. The van der Waals surface area contributed by atoms with Crippen LogP contribution in [0.4, 0.5) is 4.79 Å². The van der Waals surface area contributed by atoms with Crippen LogP contribution in [-0.2, 0) is 23.3 Å². The molecule has 2 aromatic carbocycles. The Bertz CT molecular complexity index is 1210. The predicted molar refractivity (Wildman–Crippen MR) is 116 cm³/mol. The fourth-order valence-electron chi connectivity index (χ4n) is 3.97. The van der Waals surface area contributed by atoms with Crippen LogP contribution in [-0.4, -0.2) is 23.9 Å². The number of imide groups is 1. The van der Waals surface area contributed by atoms with Crippen molar-refractivity contribution in [2.24, 2.45) is 0 Å². The van der Waals surface area contributed by atoms with Gasteiger partial charge in [0.2, 0.25) is 0 Å². The first kappa shape index (κ1) is 20.7. The topological polar surface area (TPSA) is 88.8 Å². The Morgan fingerprint density at radius 3 is 2.48 bits per heavy atom. The van der Waals surface area contributed by atoms with Gasteiger partial charge >= 0.3 is 11.7 Å². The van der Waals surface area contributed by atoms with Gasteiger partial charge in [0.05, 0.1) is 13.7 Å². The normalized spacial score (nSPS) is 18.5. The third kappa shape index (κ3) is 3.67. The van der Waals surface area contributed by atoms with E-state index >= 15 is 0 Å². The molecule has 1 N–H and O–H groups in total. The predicted octanol–water partition coefficient (Wildman–Crippen LogP) is 3.72. The average Bonchev–Trinajstić information content (AvgIpc) is 2.97. The molecule has 0 radical (unpaired) electrons. The summed E-state index contributed by atoms with van der Waals surface area (Å²) in [5.74, 6) is 0.178. The third-order valence-electron chi connectivity index (χ3n) is 5.71. The van der Waals surface area contributed by atoms with Crippen molar-refractivity contribution < 1.29 is 18.7 Å². The molecule has 160 valence electrons. The molecular weight excluding hydrogens is 396 g/mol. The number of amides is 3. The molecule has 3 amide bonds. The van der Waals surface area contributed by atoms with Gasteiger partial charge in [0.25, 0.3) is 5.91 Å². The van der Waals surface area contributed by atoms with E-state index in [1.165, 1.54) is 18.7 Å². The molecule has 31 heavy (non-hydrogen) atoms. The molecule has 4 rings (SSSR count). The van der Waals surface area contributed by atoms with Gasteiger partial charge in [-0.05, 0) is 42.2 Å². The number of ether oxygens (including phenoxy) is 1. The Labute approximate surface area is 179 Å². The van der Waals surface area contributed by atoms with Gasteiger partial charge in [0.1, 0.15) is 16.9 Å². The van der Waals surface area contributed by atoms with Gasteiger partial charge in [-0.15, -0.1) is 0 Å². The monoisotopic (exact) mass is 420 g/mol. The molecule has 1 aliphatic rings. The first-order chi connectivity index (χ1) is 14.9. The lowest BCUT2D eigenvalue weighted by molar-refractivity contribution is -0.131. The summed E-state index contributed by atoms with van der Waals surface area (Å²) >= 11 is 0. The van der Waals surface area contributed by atoms with Crippen LogP contribution in [0.15, 0.2) is 57.7 Å². The Morgan fingerprint density at radius 1 is 1.06 bits per heavy atom. The lowest BCUT2D eigenvalue weighted by atomic mass is 9.91. The van der Waals surface area contributed by atoms with Crippen molar-refractivity contribution in [1.29, 1.82) is 0 Å². The van der Waals surface area contributed by atoms with E-state index in [0.29, 0.717) is 22.3 Å². The van der Waals surface area contributed by atoms with Gasteiger partial charge in [-0.1, -0.05) is 37.6 Å². The van der Waals surface area contributed by atoms with E-state index in [1.54, 1.807) is 25.1 Å². The van der Waals surface area contributed by atoms with Crippen LogP contribution in [0.2, 0.25) is 0 Å². The van der Waals surface area contributed by atoms with Crippen LogP contribution in [0.1, 0.15) is 37.0 Å². The number of benzene rings is 2. The van der Waals surface area contributed by atoms with Crippen molar-refractivity contribution in [3.8, 4) is 5.75 Å². The minimum absolute atomic E-state index is 0.0391. The minimum atomic E-state index is -1.17. The zero-order valence-corrected chi connectivity index (χ0v) is 17.7. The van der Waals surface area contributed by atoms with Crippen LogP contribution in [0.3, 0.4) is 0 Å². The van der Waals surface area contributed by atoms with Crippen molar-refractivity contribution >= 4 is 22.9 Å².